The average Bonchev–Trinajstić information content (AvgIpc) is 2.82. The molecule has 0 radical (unpaired) electrons. The molecule has 0 aliphatic carbocycles. The Bertz CT molecular complexity index is 342. The van der Waals surface area contributed by atoms with Crippen molar-refractivity contribution in [3.8, 4) is 0 Å². The van der Waals surface area contributed by atoms with Crippen LogP contribution >= 0.6 is 0 Å². The number of nitrogens with zero attached hydrogens (tertiary/aromatic N) is 2. The molecule has 0 saturated carbocycles. The number of hydrogen-bond acceptors (Lipinski definition) is 4. The van der Waals surface area contributed by atoms with Crippen LogP contribution in [0.3, 0.4) is 0 Å². The minimum absolute atomic E-state index is 0.332. The third-order valence-corrected chi connectivity index (χ3v) is 4.97. The molecular formula is C17H36N2O2Si. The van der Waals surface area contributed by atoms with Gasteiger partial charge in [0.15, 0.2) is 8.32 Å². The van der Waals surface area contributed by atoms with E-state index in [0.717, 1.165) is 26.0 Å². The second-order valence-electron chi connectivity index (χ2n) is 7.45. The molecule has 1 aliphatic rings. The Morgan fingerprint density at radius 2 is 2.09 bits per heavy atom. The molecule has 22 heavy (non-hydrogen) atoms. The van der Waals surface area contributed by atoms with Gasteiger partial charge in [0, 0.05) is 25.8 Å². The van der Waals surface area contributed by atoms with Gasteiger partial charge in [-0.05, 0) is 45.8 Å². The fourth-order valence-corrected chi connectivity index (χ4v) is 4.24. The second-order valence-corrected chi connectivity index (χ2v) is 11.9. The lowest BCUT2D eigenvalue weighted by Crippen LogP contribution is -2.34. The number of methoxy groups -OCH3 is 1. The van der Waals surface area contributed by atoms with Crippen LogP contribution in [0.25, 0.3) is 0 Å². The van der Waals surface area contributed by atoms with Gasteiger partial charge in [-0.1, -0.05) is 19.8 Å². The summed E-state index contributed by atoms with van der Waals surface area (Å²) in [4.78, 5) is 0. The maximum Gasteiger partial charge on any atom is 0.184 e. The van der Waals surface area contributed by atoms with Crippen molar-refractivity contribution in [3.05, 3.63) is 0 Å². The van der Waals surface area contributed by atoms with E-state index in [2.05, 4.69) is 38.5 Å². The summed E-state index contributed by atoms with van der Waals surface area (Å²) in [6.07, 6.45) is 7.31. The molecule has 130 valence electrons. The SMILES string of the molecule is CCCCC(C/C(C)=N/N1CCC[C@H]1COC)O[Si](C)(C)C. The van der Waals surface area contributed by atoms with Crippen molar-refractivity contribution in [1.29, 1.82) is 0 Å². The molecule has 1 saturated heterocycles. The lowest BCUT2D eigenvalue weighted by atomic mass is 10.1. The van der Waals surface area contributed by atoms with Gasteiger partial charge < -0.3 is 9.16 Å². The van der Waals surface area contributed by atoms with Crippen molar-refractivity contribution in [2.75, 3.05) is 20.3 Å². The topological polar surface area (TPSA) is 34.1 Å². The van der Waals surface area contributed by atoms with Gasteiger partial charge in [0.05, 0.1) is 18.8 Å². The molecule has 1 aliphatic heterocycles. The van der Waals surface area contributed by atoms with Crippen molar-refractivity contribution >= 4 is 14.0 Å². The van der Waals surface area contributed by atoms with Gasteiger partial charge >= 0.3 is 0 Å². The summed E-state index contributed by atoms with van der Waals surface area (Å²) in [6, 6.07) is 0.451. The minimum Gasteiger partial charge on any atom is -0.414 e. The summed E-state index contributed by atoms with van der Waals surface area (Å²) in [5, 5.41) is 7.09. The van der Waals surface area contributed by atoms with E-state index in [0.29, 0.717) is 12.1 Å². The third kappa shape index (κ3) is 7.74. The summed E-state index contributed by atoms with van der Waals surface area (Å²) >= 11 is 0. The van der Waals surface area contributed by atoms with Crippen molar-refractivity contribution in [3.63, 3.8) is 0 Å². The average molecular weight is 329 g/mol. The highest BCUT2D eigenvalue weighted by molar-refractivity contribution is 6.69. The van der Waals surface area contributed by atoms with Crippen molar-refractivity contribution in [2.24, 2.45) is 5.10 Å². The van der Waals surface area contributed by atoms with Gasteiger partial charge in [-0.2, -0.15) is 5.10 Å². The van der Waals surface area contributed by atoms with Gasteiger partial charge in [0.1, 0.15) is 0 Å². The molecular weight excluding hydrogens is 292 g/mol. The van der Waals surface area contributed by atoms with E-state index in [1.165, 1.54) is 31.4 Å². The number of rotatable bonds is 10. The minimum atomic E-state index is -1.50. The first-order chi connectivity index (χ1) is 10.4. The van der Waals surface area contributed by atoms with Gasteiger partial charge in [-0.3, -0.25) is 5.01 Å². The van der Waals surface area contributed by atoms with Gasteiger partial charge in [0.2, 0.25) is 0 Å². The summed E-state index contributed by atoms with van der Waals surface area (Å²) in [5.74, 6) is 0. The quantitative estimate of drug-likeness (QED) is 0.443. The maximum absolute atomic E-state index is 6.36. The standard InChI is InChI=1S/C17H36N2O2Si/c1-7-8-11-17(21-22(4,5)6)13-15(2)18-19-12-9-10-16(19)14-20-3/h16-17H,7-14H2,1-6H3/b18-15+/t16-,17?/m0/s1. The lowest BCUT2D eigenvalue weighted by Gasteiger charge is -2.27. The summed E-state index contributed by atoms with van der Waals surface area (Å²) in [5.41, 5.74) is 1.20. The van der Waals surface area contributed by atoms with Crippen molar-refractivity contribution in [1.82, 2.24) is 5.01 Å². The predicted molar refractivity (Wildman–Crippen MR) is 97.1 cm³/mol. The van der Waals surface area contributed by atoms with Crippen LogP contribution in [0.5, 0.6) is 0 Å². The number of hydrazone groups is 1. The first-order valence-electron chi connectivity index (χ1n) is 8.83. The zero-order valence-corrected chi connectivity index (χ0v) is 16.5. The Morgan fingerprint density at radius 3 is 2.68 bits per heavy atom. The number of unbranched alkanes of at least 4 members (excludes halogenated alkanes) is 1. The number of hydrogen-bond donors (Lipinski definition) is 0. The van der Waals surface area contributed by atoms with Crippen LogP contribution in [-0.2, 0) is 9.16 Å². The zero-order valence-electron chi connectivity index (χ0n) is 15.5. The third-order valence-electron chi connectivity index (χ3n) is 3.93. The van der Waals surface area contributed by atoms with Crippen molar-refractivity contribution < 1.29 is 9.16 Å². The van der Waals surface area contributed by atoms with E-state index in [-0.39, 0.29) is 0 Å². The van der Waals surface area contributed by atoms with Crippen LogP contribution in [0.1, 0.15) is 52.4 Å². The molecule has 1 fully saturated rings. The molecule has 4 nitrogen and oxygen atoms in total. The lowest BCUT2D eigenvalue weighted by molar-refractivity contribution is 0.117. The highest BCUT2D eigenvalue weighted by Gasteiger charge is 2.25. The molecule has 0 spiro atoms. The summed E-state index contributed by atoms with van der Waals surface area (Å²) in [7, 11) is 0.277. The molecule has 2 atom stereocenters. The van der Waals surface area contributed by atoms with Crippen molar-refractivity contribution in [2.45, 2.75) is 84.2 Å². The smallest absolute Gasteiger partial charge is 0.184 e. The largest absolute Gasteiger partial charge is 0.414 e. The molecule has 1 unspecified atom stereocenters. The van der Waals surface area contributed by atoms with Crippen LogP contribution in [0.15, 0.2) is 5.10 Å². The number of ether oxygens (including phenoxy) is 1. The van der Waals surface area contributed by atoms with Crippen LogP contribution in [0, 0.1) is 0 Å². The molecule has 1 rings (SSSR count). The Labute approximate surface area is 138 Å². The maximum atomic E-state index is 6.36. The van der Waals surface area contributed by atoms with Gasteiger partial charge in [-0.25, -0.2) is 0 Å². The Balaban J connectivity index is 2.60. The normalized spacial score (nSPS) is 21.5. The first kappa shape index (κ1) is 19.7. The highest BCUT2D eigenvalue weighted by atomic mass is 28.4. The van der Waals surface area contributed by atoms with Crippen LogP contribution in [-0.4, -0.2) is 51.4 Å². The highest BCUT2D eigenvalue weighted by Crippen LogP contribution is 2.20. The Kier molecular flexibility index (Phi) is 8.65. The Morgan fingerprint density at radius 1 is 1.36 bits per heavy atom. The van der Waals surface area contributed by atoms with Crippen LogP contribution in [0.2, 0.25) is 19.6 Å². The fraction of sp³-hybridized carbons (Fsp3) is 0.941. The van der Waals surface area contributed by atoms with E-state index in [1.54, 1.807) is 7.11 Å². The van der Waals surface area contributed by atoms with Gasteiger partial charge in [-0.15, -0.1) is 0 Å². The summed E-state index contributed by atoms with van der Waals surface area (Å²) < 4.78 is 11.7. The zero-order chi connectivity index (χ0) is 16.6. The molecule has 0 amide bonds. The van der Waals surface area contributed by atoms with E-state index >= 15 is 0 Å². The molecule has 0 aromatic carbocycles. The van der Waals surface area contributed by atoms with E-state index in [9.17, 15) is 0 Å². The van der Waals surface area contributed by atoms with E-state index < -0.39 is 8.32 Å². The molecule has 0 aromatic heterocycles. The summed E-state index contributed by atoms with van der Waals surface area (Å²) in [6.45, 7) is 13.0. The fourth-order valence-electron chi connectivity index (χ4n) is 3.04. The second kappa shape index (κ2) is 9.68. The van der Waals surface area contributed by atoms with Crippen LogP contribution < -0.4 is 0 Å². The monoisotopic (exact) mass is 328 g/mol. The first-order valence-corrected chi connectivity index (χ1v) is 12.2. The molecule has 1 heterocycles. The molecule has 0 N–H and O–H groups in total. The van der Waals surface area contributed by atoms with E-state index in [1.807, 2.05) is 0 Å². The molecule has 0 aromatic rings. The molecule has 0 bridgehead atoms. The van der Waals surface area contributed by atoms with Crippen LogP contribution in [0.4, 0.5) is 0 Å². The van der Waals surface area contributed by atoms with Gasteiger partial charge in [0.25, 0.3) is 0 Å². The molecule has 5 heteroatoms. The predicted octanol–water partition coefficient (Wildman–Crippen LogP) is 4.27. The van der Waals surface area contributed by atoms with E-state index in [4.69, 9.17) is 14.3 Å². The Hall–Kier alpha value is -0.393.